The van der Waals surface area contributed by atoms with Gasteiger partial charge in [0, 0.05) is 6.42 Å². The molecule has 0 nitrogen and oxygen atoms in total. The SMILES string of the molecule is C#CCCCC(CC)CCCCCCCCCCCCCCC. The van der Waals surface area contributed by atoms with Gasteiger partial charge in [-0.1, -0.05) is 110 Å². The number of hydrogen-bond donors (Lipinski definition) is 0. The van der Waals surface area contributed by atoms with Crippen LogP contribution in [0.4, 0.5) is 0 Å². The Morgan fingerprint density at radius 2 is 1.04 bits per heavy atom. The molecule has 0 fully saturated rings. The van der Waals surface area contributed by atoms with Gasteiger partial charge in [-0.3, -0.25) is 0 Å². The largest absolute Gasteiger partial charge is 0.120 e. The number of rotatable bonds is 18. The smallest absolute Gasteiger partial charge is 0.00861 e. The van der Waals surface area contributed by atoms with Crippen molar-refractivity contribution in [3.63, 3.8) is 0 Å². The van der Waals surface area contributed by atoms with Crippen LogP contribution in [0.1, 0.15) is 129 Å². The molecule has 0 aromatic heterocycles. The van der Waals surface area contributed by atoms with Gasteiger partial charge in [-0.05, 0) is 18.8 Å². The average molecular weight is 321 g/mol. The highest BCUT2D eigenvalue weighted by atomic mass is 14.1. The minimum absolute atomic E-state index is 0.927. The van der Waals surface area contributed by atoms with E-state index >= 15 is 0 Å². The van der Waals surface area contributed by atoms with Crippen molar-refractivity contribution in [1.29, 1.82) is 0 Å². The van der Waals surface area contributed by atoms with Crippen LogP contribution in [-0.4, -0.2) is 0 Å². The van der Waals surface area contributed by atoms with Gasteiger partial charge < -0.3 is 0 Å². The first-order valence-electron chi connectivity index (χ1n) is 10.8. The maximum absolute atomic E-state index is 5.33. The van der Waals surface area contributed by atoms with Crippen LogP contribution in [-0.2, 0) is 0 Å². The fourth-order valence-corrected chi connectivity index (χ4v) is 3.50. The van der Waals surface area contributed by atoms with Crippen molar-refractivity contribution in [3.8, 4) is 12.3 Å². The van der Waals surface area contributed by atoms with Crippen LogP contribution in [0.3, 0.4) is 0 Å². The maximum atomic E-state index is 5.33. The molecule has 136 valence electrons. The first kappa shape index (κ1) is 22.6. The monoisotopic (exact) mass is 320 g/mol. The van der Waals surface area contributed by atoms with Gasteiger partial charge in [0.05, 0.1) is 0 Å². The summed E-state index contributed by atoms with van der Waals surface area (Å²) < 4.78 is 0. The van der Waals surface area contributed by atoms with Crippen molar-refractivity contribution in [2.45, 2.75) is 129 Å². The fraction of sp³-hybridized carbons (Fsp3) is 0.913. The second-order valence-electron chi connectivity index (χ2n) is 7.40. The van der Waals surface area contributed by atoms with E-state index in [1.807, 2.05) is 0 Å². The minimum Gasteiger partial charge on any atom is -0.120 e. The molecule has 0 heterocycles. The Hall–Kier alpha value is -0.440. The molecule has 1 atom stereocenters. The van der Waals surface area contributed by atoms with Gasteiger partial charge in [-0.2, -0.15) is 0 Å². The third-order valence-corrected chi connectivity index (χ3v) is 5.23. The van der Waals surface area contributed by atoms with Gasteiger partial charge in [0.25, 0.3) is 0 Å². The summed E-state index contributed by atoms with van der Waals surface area (Å²) >= 11 is 0. The first-order valence-corrected chi connectivity index (χ1v) is 10.8. The van der Waals surface area contributed by atoms with Gasteiger partial charge >= 0.3 is 0 Å². The summed E-state index contributed by atoms with van der Waals surface area (Å²) in [6.07, 6.45) is 30.5. The molecular weight excluding hydrogens is 276 g/mol. The molecule has 0 aromatic carbocycles. The van der Waals surface area contributed by atoms with Gasteiger partial charge in [-0.15, -0.1) is 12.3 Å². The summed E-state index contributed by atoms with van der Waals surface area (Å²) in [5.74, 6) is 3.69. The van der Waals surface area contributed by atoms with Gasteiger partial charge in [0.2, 0.25) is 0 Å². The second-order valence-corrected chi connectivity index (χ2v) is 7.40. The lowest BCUT2D eigenvalue weighted by Crippen LogP contribution is -1.98. The number of terminal acetylenes is 1. The van der Waals surface area contributed by atoms with Crippen LogP contribution >= 0.6 is 0 Å². The summed E-state index contributed by atoms with van der Waals surface area (Å²) in [4.78, 5) is 0. The fourth-order valence-electron chi connectivity index (χ4n) is 3.50. The second kappa shape index (κ2) is 19.6. The van der Waals surface area contributed by atoms with Gasteiger partial charge in [0.1, 0.15) is 0 Å². The topological polar surface area (TPSA) is 0 Å². The predicted molar refractivity (Wildman–Crippen MR) is 107 cm³/mol. The first-order chi connectivity index (χ1) is 11.3. The van der Waals surface area contributed by atoms with Crippen molar-refractivity contribution < 1.29 is 0 Å². The molecule has 0 saturated carbocycles. The van der Waals surface area contributed by atoms with Crippen molar-refractivity contribution in [2.24, 2.45) is 5.92 Å². The molecule has 0 aromatic rings. The number of hydrogen-bond acceptors (Lipinski definition) is 0. The van der Waals surface area contributed by atoms with Crippen molar-refractivity contribution in [2.75, 3.05) is 0 Å². The zero-order valence-corrected chi connectivity index (χ0v) is 16.4. The standard InChI is InChI=1S/C23H44/c1-4-7-9-10-11-12-13-14-15-16-17-18-20-22-23(6-3)21-19-8-5-2/h2,23H,4,6-22H2,1,3H3. The van der Waals surface area contributed by atoms with Gasteiger partial charge in [0.15, 0.2) is 0 Å². The molecule has 0 N–H and O–H groups in total. The van der Waals surface area contributed by atoms with E-state index in [0.29, 0.717) is 0 Å². The molecule has 0 rings (SSSR count). The van der Waals surface area contributed by atoms with Crippen LogP contribution in [0, 0.1) is 18.3 Å². The Morgan fingerprint density at radius 1 is 0.609 bits per heavy atom. The Kier molecular flexibility index (Phi) is 19.2. The van der Waals surface area contributed by atoms with E-state index in [0.717, 1.165) is 12.3 Å². The summed E-state index contributed by atoms with van der Waals surface area (Å²) in [6, 6.07) is 0. The van der Waals surface area contributed by atoms with Crippen molar-refractivity contribution in [1.82, 2.24) is 0 Å². The average Bonchev–Trinajstić information content (AvgIpc) is 2.57. The molecule has 23 heavy (non-hydrogen) atoms. The Bertz CT molecular complexity index is 247. The zero-order valence-electron chi connectivity index (χ0n) is 16.4. The quantitative estimate of drug-likeness (QED) is 0.176. The van der Waals surface area contributed by atoms with Crippen LogP contribution in [0.5, 0.6) is 0 Å². The number of unbranched alkanes of at least 4 members (excludes halogenated alkanes) is 13. The summed E-state index contributed by atoms with van der Waals surface area (Å²) in [5, 5.41) is 0. The lowest BCUT2D eigenvalue weighted by Gasteiger charge is -2.13. The Morgan fingerprint density at radius 3 is 1.48 bits per heavy atom. The molecule has 0 aliphatic carbocycles. The van der Waals surface area contributed by atoms with E-state index in [2.05, 4.69) is 19.8 Å². The van der Waals surface area contributed by atoms with Crippen LogP contribution < -0.4 is 0 Å². The summed E-state index contributed by atoms with van der Waals surface area (Å²) in [6.45, 7) is 4.63. The molecule has 0 saturated heterocycles. The molecular formula is C23H44. The van der Waals surface area contributed by atoms with E-state index in [4.69, 9.17) is 6.42 Å². The molecule has 0 aliphatic heterocycles. The highest BCUT2D eigenvalue weighted by molar-refractivity contribution is 4.83. The Balaban J connectivity index is 3.18. The van der Waals surface area contributed by atoms with Crippen molar-refractivity contribution >= 4 is 0 Å². The lowest BCUT2D eigenvalue weighted by molar-refractivity contribution is 0.403. The third-order valence-electron chi connectivity index (χ3n) is 5.23. The molecule has 0 bridgehead atoms. The summed E-state index contributed by atoms with van der Waals surface area (Å²) in [5.41, 5.74) is 0. The zero-order chi connectivity index (χ0) is 17.0. The van der Waals surface area contributed by atoms with Crippen molar-refractivity contribution in [3.05, 3.63) is 0 Å². The van der Waals surface area contributed by atoms with Gasteiger partial charge in [-0.25, -0.2) is 0 Å². The highest BCUT2D eigenvalue weighted by Gasteiger charge is 2.05. The van der Waals surface area contributed by atoms with E-state index in [9.17, 15) is 0 Å². The normalized spacial score (nSPS) is 12.2. The molecule has 0 aliphatic rings. The predicted octanol–water partition coefficient (Wildman–Crippen LogP) is 8.30. The lowest BCUT2D eigenvalue weighted by atomic mass is 9.93. The molecule has 0 heteroatoms. The van der Waals surface area contributed by atoms with Crippen LogP contribution in [0.25, 0.3) is 0 Å². The van der Waals surface area contributed by atoms with Crippen LogP contribution in [0.2, 0.25) is 0 Å². The maximum Gasteiger partial charge on any atom is 0.00861 e. The molecule has 0 spiro atoms. The van der Waals surface area contributed by atoms with E-state index < -0.39 is 0 Å². The molecule has 0 radical (unpaired) electrons. The molecule has 0 amide bonds. The minimum atomic E-state index is 0.927. The Labute approximate surface area is 148 Å². The van der Waals surface area contributed by atoms with E-state index in [1.165, 1.54) is 109 Å². The van der Waals surface area contributed by atoms with Crippen LogP contribution in [0.15, 0.2) is 0 Å². The van der Waals surface area contributed by atoms with E-state index in [1.54, 1.807) is 0 Å². The van der Waals surface area contributed by atoms with E-state index in [-0.39, 0.29) is 0 Å². The third kappa shape index (κ3) is 17.7. The summed E-state index contributed by atoms with van der Waals surface area (Å²) in [7, 11) is 0. The molecule has 1 unspecified atom stereocenters. The highest BCUT2D eigenvalue weighted by Crippen LogP contribution is 2.20.